The van der Waals surface area contributed by atoms with Crippen LogP contribution >= 0.6 is 0 Å². The first kappa shape index (κ1) is 19.2. The lowest BCUT2D eigenvalue weighted by Crippen LogP contribution is -2.26. The number of nitrogens with one attached hydrogen (secondary N) is 1. The van der Waals surface area contributed by atoms with Gasteiger partial charge in [-0.2, -0.15) is 0 Å². The van der Waals surface area contributed by atoms with E-state index in [1.54, 1.807) is 12.1 Å². The zero-order valence-corrected chi connectivity index (χ0v) is 17.1. The largest absolute Gasteiger partial charge is 0.486 e. The lowest BCUT2D eigenvalue weighted by atomic mass is 10.1. The Morgan fingerprint density at radius 2 is 1.81 bits per heavy atom. The Bertz CT molecular complexity index is 1230. The molecule has 0 spiro atoms. The van der Waals surface area contributed by atoms with Crippen LogP contribution in [-0.4, -0.2) is 24.1 Å². The van der Waals surface area contributed by atoms with Gasteiger partial charge in [-0.3, -0.25) is 4.79 Å². The minimum atomic E-state index is -0.192. The van der Waals surface area contributed by atoms with Crippen LogP contribution in [0.15, 0.2) is 71.1 Å². The van der Waals surface area contributed by atoms with Crippen molar-refractivity contribution in [3.63, 3.8) is 0 Å². The van der Waals surface area contributed by atoms with Crippen LogP contribution in [0.5, 0.6) is 11.5 Å². The minimum Gasteiger partial charge on any atom is -0.486 e. The van der Waals surface area contributed by atoms with Crippen LogP contribution in [0.4, 0.5) is 0 Å². The van der Waals surface area contributed by atoms with E-state index in [-0.39, 0.29) is 11.9 Å². The van der Waals surface area contributed by atoms with Crippen LogP contribution < -0.4 is 14.8 Å². The third-order valence-corrected chi connectivity index (χ3v) is 5.31. The number of oxazole rings is 1. The monoisotopic (exact) mass is 414 g/mol. The fourth-order valence-corrected chi connectivity index (χ4v) is 3.65. The van der Waals surface area contributed by atoms with Gasteiger partial charge in [0.25, 0.3) is 5.91 Å². The number of ether oxygens (including phenoxy) is 2. The van der Waals surface area contributed by atoms with Gasteiger partial charge in [0.1, 0.15) is 18.7 Å². The van der Waals surface area contributed by atoms with Crippen molar-refractivity contribution < 1.29 is 18.7 Å². The molecule has 0 aliphatic carbocycles. The molecule has 1 aliphatic rings. The van der Waals surface area contributed by atoms with E-state index < -0.39 is 0 Å². The fraction of sp³-hybridized carbons (Fsp3) is 0.200. The molecule has 6 nitrogen and oxygen atoms in total. The summed E-state index contributed by atoms with van der Waals surface area (Å²) in [7, 11) is 0. The molecule has 1 aromatic heterocycles. The summed E-state index contributed by atoms with van der Waals surface area (Å²) < 4.78 is 17.1. The highest BCUT2D eigenvalue weighted by molar-refractivity contribution is 5.97. The molecule has 0 fully saturated rings. The number of carbonyl (C=O) groups is 1. The highest BCUT2D eigenvalue weighted by atomic mass is 16.6. The minimum absolute atomic E-state index is 0.176. The lowest BCUT2D eigenvalue weighted by molar-refractivity contribution is 0.0939. The average Bonchev–Trinajstić information content (AvgIpc) is 3.20. The van der Waals surface area contributed by atoms with Crippen molar-refractivity contribution in [2.45, 2.75) is 19.4 Å². The zero-order valence-electron chi connectivity index (χ0n) is 17.1. The van der Waals surface area contributed by atoms with E-state index in [1.807, 2.05) is 61.5 Å². The first-order valence-electron chi connectivity index (χ1n) is 10.3. The maximum atomic E-state index is 12.8. The summed E-state index contributed by atoms with van der Waals surface area (Å²) in [6.45, 7) is 3.02. The second kappa shape index (κ2) is 8.14. The summed E-state index contributed by atoms with van der Waals surface area (Å²) in [5, 5.41) is 3.03. The van der Waals surface area contributed by atoms with Gasteiger partial charge >= 0.3 is 0 Å². The van der Waals surface area contributed by atoms with Crippen LogP contribution in [0.2, 0.25) is 0 Å². The molecule has 0 saturated heterocycles. The number of benzene rings is 3. The van der Waals surface area contributed by atoms with Gasteiger partial charge in [-0.1, -0.05) is 36.4 Å². The van der Waals surface area contributed by atoms with Crippen molar-refractivity contribution in [2.24, 2.45) is 0 Å². The van der Waals surface area contributed by atoms with Gasteiger partial charge < -0.3 is 19.2 Å². The molecule has 0 bridgehead atoms. The number of hydrogen-bond donors (Lipinski definition) is 1. The highest BCUT2D eigenvalue weighted by Gasteiger charge is 2.17. The quantitative estimate of drug-likeness (QED) is 0.513. The summed E-state index contributed by atoms with van der Waals surface area (Å²) >= 11 is 0. The Morgan fingerprint density at radius 3 is 2.65 bits per heavy atom. The zero-order chi connectivity index (χ0) is 21.2. The van der Waals surface area contributed by atoms with E-state index >= 15 is 0 Å². The van der Waals surface area contributed by atoms with Crippen molar-refractivity contribution in [3.05, 3.63) is 89.3 Å². The molecular weight excluding hydrogens is 392 g/mol. The Morgan fingerprint density at radius 1 is 1.00 bits per heavy atom. The molecule has 1 aliphatic heterocycles. The van der Waals surface area contributed by atoms with Gasteiger partial charge in [-0.05, 0) is 48.4 Å². The maximum absolute atomic E-state index is 12.8. The number of fused-ring (bicyclic) bond motifs is 2. The average molecular weight is 414 g/mol. The van der Waals surface area contributed by atoms with E-state index in [0.717, 1.165) is 22.4 Å². The summed E-state index contributed by atoms with van der Waals surface area (Å²) in [5.41, 5.74) is 3.94. The van der Waals surface area contributed by atoms with Crippen molar-refractivity contribution in [1.82, 2.24) is 10.3 Å². The third-order valence-electron chi connectivity index (χ3n) is 5.31. The lowest BCUT2D eigenvalue weighted by Gasteiger charge is -2.21. The second-order valence-corrected chi connectivity index (χ2v) is 7.55. The smallest absolute Gasteiger partial charge is 0.251 e. The highest BCUT2D eigenvalue weighted by Crippen LogP contribution is 2.32. The molecule has 156 valence electrons. The molecule has 5 rings (SSSR count). The van der Waals surface area contributed by atoms with Crippen LogP contribution in [0.1, 0.15) is 40.3 Å². The number of carbonyl (C=O) groups excluding carboxylic acids is 1. The number of aromatic nitrogens is 1. The predicted octanol–water partition coefficient (Wildman–Crippen LogP) is 4.68. The molecule has 0 saturated carbocycles. The van der Waals surface area contributed by atoms with Gasteiger partial charge in [0.15, 0.2) is 23.0 Å². The van der Waals surface area contributed by atoms with E-state index in [2.05, 4.69) is 10.3 Å². The SMILES string of the molecule is C[C@H](NC(=O)c1ccc2nc(Cc3ccccc3)oc2c1)c1ccc2c(c1)OCCO2. The molecule has 1 amide bonds. The summed E-state index contributed by atoms with van der Waals surface area (Å²) in [6, 6.07) is 20.9. The molecular formula is C25H22N2O4. The van der Waals surface area contributed by atoms with Gasteiger partial charge in [0, 0.05) is 12.0 Å². The molecule has 6 heteroatoms. The van der Waals surface area contributed by atoms with Gasteiger partial charge in [-0.15, -0.1) is 0 Å². The van der Waals surface area contributed by atoms with Crippen molar-refractivity contribution in [2.75, 3.05) is 13.2 Å². The van der Waals surface area contributed by atoms with E-state index in [1.165, 1.54) is 0 Å². The molecule has 0 radical (unpaired) electrons. The summed E-state index contributed by atoms with van der Waals surface area (Å²) in [4.78, 5) is 17.4. The van der Waals surface area contributed by atoms with Crippen molar-refractivity contribution in [1.29, 1.82) is 0 Å². The molecule has 1 atom stereocenters. The van der Waals surface area contributed by atoms with E-state index in [0.29, 0.717) is 42.4 Å². The first-order chi connectivity index (χ1) is 15.2. The number of hydrogen-bond acceptors (Lipinski definition) is 5. The predicted molar refractivity (Wildman–Crippen MR) is 117 cm³/mol. The molecule has 1 N–H and O–H groups in total. The standard InChI is InChI=1S/C25H22N2O4/c1-16(18-8-10-21-23(14-18)30-12-11-29-21)26-25(28)19-7-9-20-22(15-19)31-24(27-20)13-17-5-3-2-4-6-17/h2-10,14-16H,11-13H2,1H3,(H,26,28)/t16-/m0/s1. The molecule has 31 heavy (non-hydrogen) atoms. The number of nitrogens with zero attached hydrogens (tertiary/aromatic N) is 1. The Balaban J connectivity index is 1.31. The Hall–Kier alpha value is -3.80. The fourth-order valence-electron chi connectivity index (χ4n) is 3.65. The van der Waals surface area contributed by atoms with Gasteiger partial charge in [0.2, 0.25) is 0 Å². The molecule has 0 unspecified atom stereocenters. The van der Waals surface area contributed by atoms with E-state index in [4.69, 9.17) is 13.9 Å². The Labute approximate surface area is 179 Å². The normalized spacial score (nSPS) is 13.7. The molecule has 4 aromatic rings. The number of amides is 1. The van der Waals surface area contributed by atoms with Gasteiger partial charge in [0.05, 0.1) is 6.04 Å². The second-order valence-electron chi connectivity index (χ2n) is 7.55. The van der Waals surface area contributed by atoms with Crippen LogP contribution in [0.25, 0.3) is 11.1 Å². The maximum Gasteiger partial charge on any atom is 0.251 e. The third kappa shape index (κ3) is 4.10. The molecule has 2 heterocycles. The van der Waals surface area contributed by atoms with E-state index in [9.17, 15) is 4.79 Å². The summed E-state index contributed by atoms with van der Waals surface area (Å²) in [6.07, 6.45) is 0.609. The number of rotatable bonds is 5. The topological polar surface area (TPSA) is 73.6 Å². The molecule has 3 aromatic carbocycles. The van der Waals surface area contributed by atoms with Crippen molar-refractivity contribution in [3.8, 4) is 11.5 Å². The Kier molecular flexibility index (Phi) is 5.04. The van der Waals surface area contributed by atoms with Crippen LogP contribution in [-0.2, 0) is 6.42 Å². The van der Waals surface area contributed by atoms with Crippen molar-refractivity contribution >= 4 is 17.0 Å². The van der Waals surface area contributed by atoms with Crippen LogP contribution in [0, 0.1) is 0 Å². The first-order valence-corrected chi connectivity index (χ1v) is 10.3. The van der Waals surface area contributed by atoms with Crippen LogP contribution in [0.3, 0.4) is 0 Å². The summed E-state index contributed by atoms with van der Waals surface area (Å²) in [5.74, 6) is 1.89. The van der Waals surface area contributed by atoms with Gasteiger partial charge in [-0.25, -0.2) is 4.98 Å².